The standard InChI is InChI=1S/C17H22N4O2/c1-3-17(14-9-6-5-7-10-14)15(22)21(16(23)19-17)13-20(4-2)12-8-11-18/h5-7,9-10H,3-4,8,12-13H2,1-2H3,(H,19,23)/t17-/m1/s1. The molecular formula is C17H22N4O2. The predicted octanol–water partition coefficient (Wildman–Crippen LogP) is 2.04. The highest BCUT2D eigenvalue weighted by Gasteiger charge is 2.51. The summed E-state index contributed by atoms with van der Waals surface area (Å²) in [4.78, 5) is 28.5. The second-order valence-electron chi connectivity index (χ2n) is 5.55. The van der Waals surface area contributed by atoms with Gasteiger partial charge in [0, 0.05) is 13.0 Å². The van der Waals surface area contributed by atoms with E-state index in [0.717, 1.165) is 5.56 Å². The smallest absolute Gasteiger partial charge is 0.319 e. The third-order valence-corrected chi connectivity index (χ3v) is 4.30. The van der Waals surface area contributed by atoms with Crippen LogP contribution < -0.4 is 5.32 Å². The SMILES string of the molecule is CCN(CCC#N)CN1C(=O)N[C@](CC)(c2ccccc2)C1=O. The Morgan fingerprint density at radius 2 is 1.96 bits per heavy atom. The summed E-state index contributed by atoms with van der Waals surface area (Å²) in [6, 6.07) is 11.0. The number of hydrogen-bond acceptors (Lipinski definition) is 4. The van der Waals surface area contributed by atoms with Crippen LogP contribution in [0.5, 0.6) is 0 Å². The first-order valence-electron chi connectivity index (χ1n) is 7.88. The molecule has 1 aliphatic rings. The summed E-state index contributed by atoms with van der Waals surface area (Å²) >= 11 is 0. The normalized spacial score (nSPS) is 20.7. The number of amides is 3. The zero-order chi connectivity index (χ0) is 16.9. The molecule has 2 rings (SSSR count). The number of imide groups is 1. The van der Waals surface area contributed by atoms with Crippen LogP contribution in [0.3, 0.4) is 0 Å². The molecule has 1 aliphatic heterocycles. The Morgan fingerprint density at radius 3 is 2.52 bits per heavy atom. The molecule has 6 nitrogen and oxygen atoms in total. The van der Waals surface area contributed by atoms with Gasteiger partial charge in [-0.3, -0.25) is 9.69 Å². The maximum atomic E-state index is 12.9. The molecule has 0 unspecified atom stereocenters. The van der Waals surface area contributed by atoms with Crippen molar-refractivity contribution in [1.82, 2.24) is 15.1 Å². The molecular weight excluding hydrogens is 292 g/mol. The molecule has 0 spiro atoms. The summed E-state index contributed by atoms with van der Waals surface area (Å²) in [5, 5.41) is 11.6. The third-order valence-electron chi connectivity index (χ3n) is 4.30. The number of carbonyl (C=O) groups is 2. The lowest BCUT2D eigenvalue weighted by molar-refractivity contribution is -0.133. The molecule has 0 aromatic heterocycles. The topological polar surface area (TPSA) is 76.4 Å². The van der Waals surface area contributed by atoms with Gasteiger partial charge in [-0.05, 0) is 18.5 Å². The van der Waals surface area contributed by atoms with Crippen molar-refractivity contribution in [3.63, 3.8) is 0 Å². The van der Waals surface area contributed by atoms with Gasteiger partial charge in [-0.15, -0.1) is 0 Å². The van der Waals surface area contributed by atoms with E-state index in [-0.39, 0.29) is 18.6 Å². The summed E-state index contributed by atoms with van der Waals surface area (Å²) in [5.41, 5.74) is -0.198. The summed E-state index contributed by atoms with van der Waals surface area (Å²) in [6.07, 6.45) is 0.859. The summed E-state index contributed by atoms with van der Waals surface area (Å²) in [5.74, 6) is -0.230. The van der Waals surface area contributed by atoms with Crippen LogP contribution in [0.4, 0.5) is 4.79 Å². The van der Waals surface area contributed by atoms with Crippen LogP contribution in [0.1, 0.15) is 32.3 Å². The number of urea groups is 1. The van der Waals surface area contributed by atoms with Crippen LogP contribution in [0.2, 0.25) is 0 Å². The molecule has 1 saturated heterocycles. The number of nitrogens with zero attached hydrogens (tertiary/aromatic N) is 3. The lowest BCUT2D eigenvalue weighted by Gasteiger charge is -2.27. The fourth-order valence-corrected chi connectivity index (χ4v) is 2.85. The number of rotatable bonds is 7. The first kappa shape index (κ1) is 17.0. The Balaban J connectivity index is 2.23. The van der Waals surface area contributed by atoms with Crippen molar-refractivity contribution in [2.75, 3.05) is 19.8 Å². The van der Waals surface area contributed by atoms with Crippen LogP contribution in [-0.2, 0) is 10.3 Å². The molecule has 1 N–H and O–H groups in total. The van der Waals surface area contributed by atoms with Crippen LogP contribution in [-0.4, -0.2) is 41.5 Å². The molecule has 6 heteroatoms. The van der Waals surface area contributed by atoms with E-state index in [4.69, 9.17) is 5.26 Å². The van der Waals surface area contributed by atoms with Crippen molar-refractivity contribution in [3.05, 3.63) is 35.9 Å². The van der Waals surface area contributed by atoms with E-state index in [0.29, 0.717) is 25.9 Å². The maximum absolute atomic E-state index is 12.9. The largest absolute Gasteiger partial charge is 0.326 e. The molecule has 1 aromatic rings. The molecule has 1 aromatic carbocycles. The highest BCUT2D eigenvalue weighted by atomic mass is 16.2. The molecule has 0 bridgehead atoms. The highest BCUT2D eigenvalue weighted by Crippen LogP contribution is 2.32. The minimum Gasteiger partial charge on any atom is -0.319 e. The molecule has 23 heavy (non-hydrogen) atoms. The maximum Gasteiger partial charge on any atom is 0.326 e. The van der Waals surface area contributed by atoms with Crippen LogP contribution in [0, 0.1) is 11.3 Å². The van der Waals surface area contributed by atoms with Crippen molar-refractivity contribution in [2.45, 2.75) is 32.2 Å². The Bertz CT molecular complexity index is 611. The number of hydrogen-bond donors (Lipinski definition) is 1. The summed E-state index contributed by atoms with van der Waals surface area (Å²) < 4.78 is 0. The average Bonchev–Trinajstić information content (AvgIpc) is 2.84. The Labute approximate surface area is 136 Å². The summed E-state index contributed by atoms with van der Waals surface area (Å²) in [7, 11) is 0. The monoisotopic (exact) mass is 314 g/mol. The van der Waals surface area contributed by atoms with E-state index in [2.05, 4.69) is 11.4 Å². The van der Waals surface area contributed by atoms with Gasteiger partial charge < -0.3 is 5.32 Å². The number of nitriles is 1. The lowest BCUT2D eigenvalue weighted by atomic mass is 9.87. The second-order valence-corrected chi connectivity index (χ2v) is 5.55. The molecule has 0 radical (unpaired) electrons. The minimum absolute atomic E-state index is 0.206. The Hall–Kier alpha value is -2.39. The second kappa shape index (κ2) is 7.25. The van der Waals surface area contributed by atoms with Crippen LogP contribution in [0.15, 0.2) is 30.3 Å². The van der Waals surface area contributed by atoms with Crippen molar-refractivity contribution in [3.8, 4) is 6.07 Å². The van der Waals surface area contributed by atoms with Crippen LogP contribution >= 0.6 is 0 Å². The van der Waals surface area contributed by atoms with E-state index in [1.54, 1.807) is 0 Å². The van der Waals surface area contributed by atoms with Gasteiger partial charge in [-0.1, -0.05) is 44.2 Å². The van der Waals surface area contributed by atoms with E-state index < -0.39 is 5.54 Å². The van der Waals surface area contributed by atoms with Gasteiger partial charge in [0.05, 0.1) is 12.7 Å². The van der Waals surface area contributed by atoms with Gasteiger partial charge in [-0.25, -0.2) is 9.69 Å². The van der Waals surface area contributed by atoms with E-state index >= 15 is 0 Å². The van der Waals surface area contributed by atoms with E-state index in [1.165, 1.54) is 4.90 Å². The fourth-order valence-electron chi connectivity index (χ4n) is 2.85. The average molecular weight is 314 g/mol. The summed E-state index contributed by atoms with van der Waals surface area (Å²) in [6.45, 7) is 5.25. The van der Waals surface area contributed by atoms with Gasteiger partial charge in [0.25, 0.3) is 5.91 Å². The van der Waals surface area contributed by atoms with Gasteiger partial charge in [-0.2, -0.15) is 5.26 Å². The molecule has 0 saturated carbocycles. The zero-order valence-electron chi connectivity index (χ0n) is 13.6. The fraction of sp³-hybridized carbons (Fsp3) is 0.471. The molecule has 3 amide bonds. The van der Waals surface area contributed by atoms with Gasteiger partial charge in [0.15, 0.2) is 0 Å². The first-order valence-corrected chi connectivity index (χ1v) is 7.88. The van der Waals surface area contributed by atoms with Crippen molar-refractivity contribution in [2.24, 2.45) is 0 Å². The molecule has 1 heterocycles. The molecule has 1 atom stereocenters. The molecule has 122 valence electrons. The van der Waals surface area contributed by atoms with Gasteiger partial charge in [0.1, 0.15) is 5.54 Å². The number of nitrogens with one attached hydrogen (secondary N) is 1. The minimum atomic E-state index is -0.993. The highest BCUT2D eigenvalue weighted by molar-refractivity contribution is 6.07. The van der Waals surface area contributed by atoms with Crippen molar-refractivity contribution >= 4 is 11.9 Å². The Kier molecular flexibility index (Phi) is 5.35. The van der Waals surface area contributed by atoms with E-state index in [1.807, 2.05) is 49.1 Å². The predicted molar refractivity (Wildman–Crippen MR) is 86.1 cm³/mol. The molecule has 1 fully saturated rings. The van der Waals surface area contributed by atoms with Crippen LogP contribution in [0.25, 0.3) is 0 Å². The quantitative estimate of drug-likeness (QED) is 0.781. The Morgan fingerprint density at radius 1 is 1.26 bits per heavy atom. The number of carbonyl (C=O) groups excluding carboxylic acids is 2. The number of benzene rings is 1. The zero-order valence-corrected chi connectivity index (χ0v) is 13.6. The van der Waals surface area contributed by atoms with E-state index in [9.17, 15) is 9.59 Å². The lowest BCUT2D eigenvalue weighted by Crippen LogP contribution is -2.45. The van der Waals surface area contributed by atoms with Gasteiger partial charge >= 0.3 is 6.03 Å². The molecule has 0 aliphatic carbocycles. The van der Waals surface area contributed by atoms with Crippen molar-refractivity contribution in [1.29, 1.82) is 5.26 Å². The van der Waals surface area contributed by atoms with Gasteiger partial charge in [0.2, 0.25) is 0 Å². The third kappa shape index (κ3) is 3.20. The van der Waals surface area contributed by atoms with Crippen molar-refractivity contribution < 1.29 is 9.59 Å². The first-order chi connectivity index (χ1) is 11.1.